The Balaban J connectivity index is 1.53. The summed E-state index contributed by atoms with van der Waals surface area (Å²) in [4.78, 5) is 15.7. The van der Waals surface area contributed by atoms with E-state index in [2.05, 4.69) is 0 Å². The Kier molecular flexibility index (Phi) is 6.46. The van der Waals surface area contributed by atoms with Crippen LogP contribution in [0, 0.1) is 0 Å². The molecular formula is C22H33N3O5S. The van der Waals surface area contributed by atoms with Gasteiger partial charge < -0.3 is 14.4 Å². The minimum absolute atomic E-state index is 0.117. The first-order valence-electron chi connectivity index (χ1n) is 11.4. The first-order valence-corrected chi connectivity index (χ1v) is 12.8. The maximum atomic E-state index is 13.9. The van der Waals surface area contributed by atoms with Crippen LogP contribution < -0.4 is 9.47 Å². The van der Waals surface area contributed by atoms with Gasteiger partial charge in [0.1, 0.15) is 0 Å². The molecule has 9 heteroatoms. The SMILES string of the molecule is CCN(CC)S(=O)(=O)N1CCN(C(=O)C2(c3ccc4c(c3)OCO4)CCCCC2)CC1. The summed E-state index contributed by atoms with van der Waals surface area (Å²) in [6.45, 7) is 6.32. The Hall–Kier alpha value is -1.84. The monoisotopic (exact) mass is 451 g/mol. The van der Waals surface area contributed by atoms with E-state index in [9.17, 15) is 13.2 Å². The molecule has 2 heterocycles. The lowest BCUT2D eigenvalue weighted by Crippen LogP contribution is -2.57. The molecule has 0 unspecified atom stereocenters. The third-order valence-corrected chi connectivity index (χ3v) is 9.11. The largest absolute Gasteiger partial charge is 0.454 e. The lowest BCUT2D eigenvalue weighted by Gasteiger charge is -2.43. The number of benzene rings is 1. The molecule has 0 N–H and O–H groups in total. The second-order valence-corrected chi connectivity index (χ2v) is 10.4. The summed E-state index contributed by atoms with van der Waals surface area (Å²) < 4.78 is 39.7. The van der Waals surface area contributed by atoms with Gasteiger partial charge in [-0.05, 0) is 30.5 Å². The number of amides is 1. The van der Waals surface area contributed by atoms with Gasteiger partial charge in [0, 0.05) is 39.3 Å². The van der Waals surface area contributed by atoms with Crippen molar-refractivity contribution < 1.29 is 22.7 Å². The zero-order chi connectivity index (χ0) is 22.1. The molecule has 8 nitrogen and oxygen atoms in total. The smallest absolute Gasteiger partial charge is 0.282 e. The normalized spacial score (nSPS) is 21.5. The van der Waals surface area contributed by atoms with E-state index in [1.54, 1.807) is 0 Å². The Labute approximate surface area is 185 Å². The fourth-order valence-corrected chi connectivity index (χ4v) is 6.72. The van der Waals surface area contributed by atoms with Gasteiger partial charge >= 0.3 is 0 Å². The number of nitrogens with zero attached hydrogens (tertiary/aromatic N) is 3. The van der Waals surface area contributed by atoms with Crippen molar-refractivity contribution in [2.24, 2.45) is 0 Å². The molecule has 1 aromatic carbocycles. The van der Waals surface area contributed by atoms with Crippen LogP contribution in [0.3, 0.4) is 0 Å². The molecule has 1 saturated carbocycles. The molecule has 4 rings (SSSR count). The summed E-state index contributed by atoms with van der Waals surface area (Å²) in [7, 11) is -3.47. The molecule has 2 fully saturated rings. The quantitative estimate of drug-likeness (QED) is 0.663. The maximum Gasteiger partial charge on any atom is 0.282 e. The highest BCUT2D eigenvalue weighted by molar-refractivity contribution is 7.86. The van der Waals surface area contributed by atoms with Crippen LogP contribution >= 0.6 is 0 Å². The van der Waals surface area contributed by atoms with E-state index in [1.165, 1.54) is 8.61 Å². The Morgan fingerprint density at radius 3 is 2.29 bits per heavy atom. The molecule has 0 atom stereocenters. The predicted octanol–water partition coefficient (Wildman–Crippen LogP) is 2.35. The molecule has 1 aliphatic carbocycles. The number of hydrogen-bond acceptors (Lipinski definition) is 5. The average molecular weight is 452 g/mol. The fourth-order valence-electron chi connectivity index (χ4n) is 5.11. The first-order chi connectivity index (χ1) is 14.9. The molecule has 2 aliphatic heterocycles. The summed E-state index contributed by atoms with van der Waals surface area (Å²) in [6.07, 6.45) is 4.77. The van der Waals surface area contributed by atoms with Crippen molar-refractivity contribution in [3.05, 3.63) is 23.8 Å². The number of carbonyl (C=O) groups is 1. The van der Waals surface area contributed by atoms with Crippen LogP contribution in [0.15, 0.2) is 18.2 Å². The third kappa shape index (κ3) is 4.03. The van der Waals surface area contributed by atoms with Crippen molar-refractivity contribution in [1.29, 1.82) is 0 Å². The van der Waals surface area contributed by atoms with Crippen molar-refractivity contribution >= 4 is 16.1 Å². The molecule has 0 spiro atoms. The standard InChI is InChI=1S/C22H33N3O5S/c1-3-24(4-2)31(27,28)25-14-12-23(13-15-25)21(26)22(10-6-5-7-11-22)18-8-9-19-20(16-18)30-17-29-19/h8-9,16H,3-7,10-15,17H2,1-2H3. The number of hydrogen-bond donors (Lipinski definition) is 0. The average Bonchev–Trinajstić information content (AvgIpc) is 3.28. The molecule has 31 heavy (non-hydrogen) atoms. The lowest BCUT2D eigenvalue weighted by molar-refractivity contribution is -0.140. The zero-order valence-corrected chi connectivity index (χ0v) is 19.3. The highest BCUT2D eigenvalue weighted by Gasteiger charge is 2.45. The second kappa shape index (κ2) is 8.96. The Morgan fingerprint density at radius 2 is 1.65 bits per heavy atom. The van der Waals surface area contributed by atoms with Crippen LogP contribution in [0.2, 0.25) is 0 Å². The molecule has 1 amide bonds. The number of fused-ring (bicyclic) bond motifs is 1. The fraction of sp³-hybridized carbons (Fsp3) is 0.682. The van der Waals surface area contributed by atoms with E-state index in [-0.39, 0.29) is 12.7 Å². The van der Waals surface area contributed by atoms with Crippen molar-refractivity contribution in [3.8, 4) is 11.5 Å². The van der Waals surface area contributed by atoms with Crippen LogP contribution in [0.5, 0.6) is 11.5 Å². The van der Waals surface area contributed by atoms with E-state index in [0.29, 0.717) is 45.0 Å². The van der Waals surface area contributed by atoms with Gasteiger partial charge in [-0.1, -0.05) is 39.2 Å². The lowest BCUT2D eigenvalue weighted by atomic mass is 9.68. The van der Waals surface area contributed by atoms with E-state index >= 15 is 0 Å². The summed E-state index contributed by atoms with van der Waals surface area (Å²) in [5, 5.41) is 0. The van der Waals surface area contributed by atoms with Gasteiger partial charge in [-0.15, -0.1) is 0 Å². The van der Waals surface area contributed by atoms with Crippen LogP contribution in [0.25, 0.3) is 0 Å². The van der Waals surface area contributed by atoms with Crippen LogP contribution in [-0.4, -0.2) is 73.9 Å². The minimum Gasteiger partial charge on any atom is -0.454 e. The minimum atomic E-state index is -3.47. The Bertz CT molecular complexity index is 902. The predicted molar refractivity (Wildman–Crippen MR) is 117 cm³/mol. The van der Waals surface area contributed by atoms with E-state index in [4.69, 9.17) is 9.47 Å². The van der Waals surface area contributed by atoms with E-state index in [1.807, 2.05) is 36.9 Å². The molecular weight excluding hydrogens is 418 g/mol. The van der Waals surface area contributed by atoms with Gasteiger partial charge in [0.05, 0.1) is 5.41 Å². The van der Waals surface area contributed by atoms with Gasteiger partial charge in [-0.2, -0.15) is 17.0 Å². The van der Waals surface area contributed by atoms with E-state index in [0.717, 1.165) is 43.4 Å². The Morgan fingerprint density at radius 1 is 1.00 bits per heavy atom. The number of piperazine rings is 1. The number of ether oxygens (including phenoxy) is 2. The number of carbonyl (C=O) groups excluding carboxylic acids is 1. The molecule has 1 saturated heterocycles. The van der Waals surface area contributed by atoms with Gasteiger partial charge in [0.15, 0.2) is 11.5 Å². The van der Waals surface area contributed by atoms with Crippen molar-refractivity contribution in [1.82, 2.24) is 13.5 Å². The maximum absolute atomic E-state index is 13.9. The zero-order valence-electron chi connectivity index (χ0n) is 18.5. The molecule has 1 aromatic rings. The van der Waals surface area contributed by atoms with Gasteiger partial charge in [0.2, 0.25) is 12.7 Å². The molecule has 0 aromatic heterocycles. The molecule has 3 aliphatic rings. The highest BCUT2D eigenvalue weighted by atomic mass is 32.2. The molecule has 0 radical (unpaired) electrons. The van der Waals surface area contributed by atoms with Crippen molar-refractivity contribution in [2.75, 3.05) is 46.1 Å². The van der Waals surface area contributed by atoms with Gasteiger partial charge in [-0.3, -0.25) is 4.79 Å². The molecule has 172 valence electrons. The summed E-state index contributed by atoms with van der Waals surface area (Å²) in [5.41, 5.74) is 0.415. The summed E-state index contributed by atoms with van der Waals surface area (Å²) in [6, 6.07) is 5.86. The van der Waals surface area contributed by atoms with Gasteiger partial charge in [0.25, 0.3) is 10.2 Å². The summed E-state index contributed by atoms with van der Waals surface area (Å²) in [5.74, 6) is 1.54. The van der Waals surface area contributed by atoms with Gasteiger partial charge in [-0.25, -0.2) is 0 Å². The highest BCUT2D eigenvalue weighted by Crippen LogP contribution is 2.44. The first kappa shape index (κ1) is 22.4. The molecule has 0 bridgehead atoms. The third-order valence-electron chi connectivity index (χ3n) is 6.93. The van der Waals surface area contributed by atoms with Crippen molar-refractivity contribution in [3.63, 3.8) is 0 Å². The van der Waals surface area contributed by atoms with Crippen LogP contribution in [0.1, 0.15) is 51.5 Å². The summed E-state index contributed by atoms with van der Waals surface area (Å²) >= 11 is 0. The van der Waals surface area contributed by atoms with Crippen LogP contribution in [-0.2, 0) is 20.4 Å². The van der Waals surface area contributed by atoms with Crippen LogP contribution in [0.4, 0.5) is 0 Å². The van der Waals surface area contributed by atoms with E-state index < -0.39 is 15.6 Å². The van der Waals surface area contributed by atoms with Crippen molar-refractivity contribution in [2.45, 2.75) is 51.4 Å². The topological polar surface area (TPSA) is 79.4 Å². The second-order valence-electron chi connectivity index (χ2n) is 8.49. The number of rotatable bonds is 6.